The van der Waals surface area contributed by atoms with Crippen molar-refractivity contribution in [2.45, 2.75) is 20.3 Å². The Morgan fingerprint density at radius 1 is 1.57 bits per heavy atom. The number of halogens is 1. The predicted octanol–water partition coefficient (Wildman–Crippen LogP) is 2.23. The summed E-state index contributed by atoms with van der Waals surface area (Å²) in [5, 5.41) is 2.32. The Kier molecular flexibility index (Phi) is 3.93. The first kappa shape index (κ1) is 6.85. The standard InChI is InChI=1S/C6H9Cl/c1-6(2)4-3-5-7/h6H,4H2,1-2H3. The number of hydrogen-bond acceptors (Lipinski definition) is 0. The fourth-order valence-electron chi connectivity index (χ4n) is 0.243. The van der Waals surface area contributed by atoms with E-state index in [4.69, 9.17) is 11.6 Å². The zero-order valence-corrected chi connectivity index (χ0v) is 5.42. The lowest BCUT2D eigenvalue weighted by Gasteiger charge is -1.90. The van der Waals surface area contributed by atoms with Crippen LogP contribution in [0.3, 0.4) is 0 Å². The highest BCUT2D eigenvalue weighted by Crippen LogP contribution is 1.95. The maximum atomic E-state index is 5.08. The molecular weight excluding hydrogens is 108 g/mol. The van der Waals surface area contributed by atoms with Gasteiger partial charge in [-0.2, -0.15) is 0 Å². The third-order valence-electron chi connectivity index (χ3n) is 0.577. The van der Waals surface area contributed by atoms with Gasteiger partial charge in [0, 0.05) is 11.8 Å². The van der Waals surface area contributed by atoms with Gasteiger partial charge in [0.25, 0.3) is 0 Å². The largest absolute Gasteiger partial charge is 0.0856 e. The van der Waals surface area contributed by atoms with E-state index in [1.165, 1.54) is 0 Å². The third-order valence-corrected chi connectivity index (χ3v) is 0.711. The fourth-order valence-corrected chi connectivity index (χ4v) is 0.320. The Labute approximate surface area is 49.9 Å². The third kappa shape index (κ3) is 5.85. The van der Waals surface area contributed by atoms with Crippen molar-refractivity contribution in [1.29, 1.82) is 0 Å². The van der Waals surface area contributed by atoms with Crippen LogP contribution in [0, 0.1) is 17.2 Å². The van der Waals surface area contributed by atoms with E-state index in [9.17, 15) is 0 Å². The average Bonchev–Trinajstić information content (AvgIpc) is 1.61. The maximum absolute atomic E-state index is 5.08. The summed E-state index contributed by atoms with van der Waals surface area (Å²) in [6.07, 6.45) is 0.906. The predicted molar refractivity (Wildman–Crippen MR) is 33.1 cm³/mol. The summed E-state index contributed by atoms with van der Waals surface area (Å²) in [6.45, 7) is 4.22. The van der Waals surface area contributed by atoms with Crippen molar-refractivity contribution in [1.82, 2.24) is 0 Å². The lowest BCUT2D eigenvalue weighted by atomic mass is 10.1. The lowest BCUT2D eigenvalue weighted by molar-refractivity contribution is 0.676. The molecule has 0 bridgehead atoms. The quantitative estimate of drug-likeness (QED) is 0.461. The van der Waals surface area contributed by atoms with Crippen molar-refractivity contribution in [3.8, 4) is 11.3 Å². The first-order valence-electron chi connectivity index (χ1n) is 2.36. The molecule has 0 N–H and O–H groups in total. The van der Waals surface area contributed by atoms with Gasteiger partial charge in [-0.25, -0.2) is 0 Å². The molecule has 0 aliphatic carbocycles. The van der Waals surface area contributed by atoms with Crippen molar-refractivity contribution in [2.24, 2.45) is 5.92 Å². The SMILES string of the molecule is CC(C)CC#CCl. The molecule has 0 amide bonds. The summed E-state index contributed by atoms with van der Waals surface area (Å²) in [6, 6.07) is 0. The summed E-state index contributed by atoms with van der Waals surface area (Å²) < 4.78 is 0. The van der Waals surface area contributed by atoms with Crippen molar-refractivity contribution in [3.05, 3.63) is 0 Å². The van der Waals surface area contributed by atoms with Gasteiger partial charge in [-0.15, -0.1) is 0 Å². The van der Waals surface area contributed by atoms with Crippen molar-refractivity contribution in [2.75, 3.05) is 0 Å². The molecular formula is C6H9Cl. The topological polar surface area (TPSA) is 0 Å². The lowest BCUT2D eigenvalue weighted by Crippen LogP contribution is -1.80. The Morgan fingerprint density at radius 3 is 2.29 bits per heavy atom. The monoisotopic (exact) mass is 116 g/mol. The van der Waals surface area contributed by atoms with Crippen LogP contribution in [0.15, 0.2) is 0 Å². The molecule has 0 unspecified atom stereocenters. The zero-order chi connectivity index (χ0) is 5.70. The van der Waals surface area contributed by atoms with E-state index in [0.717, 1.165) is 6.42 Å². The molecule has 40 valence electrons. The molecule has 0 aliphatic heterocycles. The van der Waals surface area contributed by atoms with Crippen LogP contribution in [0.4, 0.5) is 0 Å². The number of hydrogen-bond donors (Lipinski definition) is 0. The second-order valence-corrected chi connectivity index (χ2v) is 2.06. The van der Waals surface area contributed by atoms with Crippen LogP contribution in [0.5, 0.6) is 0 Å². The van der Waals surface area contributed by atoms with E-state index in [2.05, 4.69) is 25.1 Å². The minimum Gasteiger partial charge on any atom is -0.0856 e. The van der Waals surface area contributed by atoms with Crippen LogP contribution in [-0.2, 0) is 0 Å². The molecule has 0 nitrogen and oxygen atoms in total. The van der Waals surface area contributed by atoms with Crippen molar-refractivity contribution < 1.29 is 0 Å². The van der Waals surface area contributed by atoms with Crippen LogP contribution in [0.1, 0.15) is 20.3 Å². The highest BCUT2D eigenvalue weighted by atomic mass is 35.5. The van der Waals surface area contributed by atoms with Crippen LogP contribution in [0.25, 0.3) is 0 Å². The second-order valence-electron chi connectivity index (χ2n) is 1.87. The molecule has 0 atom stereocenters. The molecule has 0 saturated carbocycles. The van der Waals surface area contributed by atoms with Gasteiger partial charge < -0.3 is 0 Å². The van der Waals surface area contributed by atoms with Gasteiger partial charge in [0.05, 0.1) is 0 Å². The Bertz CT molecular complexity index is 84.1. The van der Waals surface area contributed by atoms with Gasteiger partial charge in [-0.1, -0.05) is 19.8 Å². The highest BCUT2D eigenvalue weighted by Gasteiger charge is 1.84. The van der Waals surface area contributed by atoms with E-state index < -0.39 is 0 Å². The molecule has 0 spiro atoms. The molecule has 0 aliphatic rings. The van der Waals surface area contributed by atoms with Crippen LogP contribution < -0.4 is 0 Å². The van der Waals surface area contributed by atoms with E-state index in [1.54, 1.807) is 0 Å². The zero-order valence-electron chi connectivity index (χ0n) is 4.66. The average molecular weight is 117 g/mol. The van der Waals surface area contributed by atoms with Crippen LogP contribution in [-0.4, -0.2) is 0 Å². The van der Waals surface area contributed by atoms with Crippen molar-refractivity contribution in [3.63, 3.8) is 0 Å². The van der Waals surface area contributed by atoms with Gasteiger partial charge in [0.1, 0.15) is 0 Å². The minimum absolute atomic E-state index is 0.645. The Hall–Kier alpha value is -0.150. The molecule has 0 heterocycles. The Balaban J connectivity index is 3.08. The summed E-state index contributed by atoms with van der Waals surface area (Å²) >= 11 is 5.08. The smallest absolute Gasteiger partial charge is 0.0124 e. The van der Waals surface area contributed by atoms with E-state index in [-0.39, 0.29) is 0 Å². The molecule has 0 saturated heterocycles. The van der Waals surface area contributed by atoms with E-state index in [1.807, 2.05) is 0 Å². The van der Waals surface area contributed by atoms with E-state index >= 15 is 0 Å². The van der Waals surface area contributed by atoms with Crippen LogP contribution in [0.2, 0.25) is 0 Å². The first-order chi connectivity index (χ1) is 3.27. The Morgan fingerprint density at radius 2 is 2.14 bits per heavy atom. The number of rotatable bonds is 1. The summed E-state index contributed by atoms with van der Waals surface area (Å²) in [5.74, 6) is 3.41. The maximum Gasteiger partial charge on any atom is 0.0124 e. The summed E-state index contributed by atoms with van der Waals surface area (Å²) in [5.41, 5.74) is 0. The molecule has 0 aromatic rings. The first-order valence-corrected chi connectivity index (χ1v) is 2.73. The molecule has 0 rings (SSSR count). The molecule has 0 aromatic heterocycles. The van der Waals surface area contributed by atoms with Gasteiger partial charge in [0.2, 0.25) is 0 Å². The normalized spacial score (nSPS) is 8.00. The summed E-state index contributed by atoms with van der Waals surface area (Å²) in [4.78, 5) is 0. The molecule has 0 aromatic carbocycles. The van der Waals surface area contributed by atoms with Crippen LogP contribution >= 0.6 is 11.6 Å². The van der Waals surface area contributed by atoms with Crippen molar-refractivity contribution >= 4 is 11.6 Å². The van der Waals surface area contributed by atoms with Gasteiger partial charge in [0.15, 0.2) is 0 Å². The second kappa shape index (κ2) is 4.02. The van der Waals surface area contributed by atoms with Gasteiger partial charge >= 0.3 is 0 Å². The van der Waals surface area contributed by atoms with Gasteiger partial charge in [-0.05, 0) is 17.5 Å². The summed E-state index contributed by atoms with van der Waals surface area (Å²) in [7, 11) is 0. The molecule has 7 heavy (non-hydrogen) atoms. The molecule has 0 fully saturated rings. The molecule has 0 radical (unpaired) electrons. The highest BCUT2D eigenvalue weighted by molar-refractivity contribution is 6.30. The molecule has 1 heteroatoms. The fraction of sp³-hybridized carbons (Fsp3) is 0.667. The van der Waals surface area contributed by atoms with Gasteiger partial charge in [-0.3, -0.25) is 0 Å². The van der Waals surface area contributed by atoms with E-state index in [0.29, 0.717) is 5.92 Å². The minimum atomic E-state index is 0.645.